The number of rotatable bonds is 9. The van der Waals surface area contributed by atoms with Gasteiger partial charge in [-0.3, -0.25) is 28.8 Å². The van der Waals surface area contributed by atoms with Crippen molar-refractivity contribution in [1.82, 2.24) is 19.6 Å². The molecule has 6 amide bonds. The lowest BCUT2D eigenvalue weighted by Gasteiger charge is -2.28. The number of benzene rings is 4. The minimum atomic E-state index is -1.41. The van der Waals surface area contributed by atoms with Gasteiger partial charge >= 0.3 is 0 Å². The minimum absolute atomic E-state index is 0.0107. The Kier molecular flexibility index (Phi) is 10.2. The Morgan fingerprint density at radius 2 is 1.06 bits per heavy atom. The molecule has 2 fully saturated rings. The molecule has 6 aromatic rings. The van der Waals surface area contributed by atoms with Crippen LogP contribution in [0.4, 0.5) is 46.0 Å². The van der Waals surface area contributed by atoms with Crippen LogP contribution in [-0.2, 0) is 22.4 Å². The van der Waals surface area contributed by atoms with Gasteiger partial charge in [-0.2, -0.15) is 10.2 Å². The number of primary amides is 1. The largest absolute Gasteiger partial charge is 0.364 e. The van der Waals surface area contributed by atoms with Gasteiger partial charge in [0.05, 0.1) is 5.69 Å². The number of amides is 6. The maximum Gasteiger partial charge on any atom is 0.277 e. The summed E-state index contributed by atoms with van der Waals surface area (Å²) < 4.78 is 63.8. The highest BCUT2D eigenvalue weighted by atomic mass is 19.1. The van der Waals surface area contributed by atoms with Crippen molar-refractivity contribution < 1.29 is 46.3 Å². The lowest BCUT2D eigenvalue weighted by atomic mass is 10.0. The number of hydrogen-bond donors (Lipinski definition) is 2. The van der Waals surface area contributed by atoms with E-state index in [1.54, 1.807) is 58.3 Å². The SMILES string of the molecule is NC(=O)c1nn(-c2c(F)ccc(NC(=O)c3nn(-c4ccc(F)cc4F)c4c3CCN(c3ccc(N5CCCC5=O)cc3)C4=O)c2F)c2c1CCN(c1ccc(N3CCCC3=O)cc1)C2=O. The van der Waals surface area contributed by atoms with Crippen molar-refractivity contribution in [2.24, 2.45) is 5.73 Å². The average molecular weight is 901 g/mol. The van der Waals surface area contributed by atoms with Crippen molar-refractivity contribution in [2.45, 2.75) is 38.5 Å². The van der Waals surface area contributed by atoms with Crippen molar-refractivity contribution in [2.75, 3.05) is 51.1 Å². The molecule has 0 spiro atoms. The van der Waals surface area contributed by atoms with Gasteiger partial charge in [-0.25, -0.2) is 26.9 Å². The highest BCUT2D eigenvalue weighted by Gasteiger charge is 2.39. The molecule has 0 aliphatic carbocycles. The average Bonchev–Trinajstić information content (AvgIpc) is 4.11. The van der Waals surface area contributed by atoms with Gasteiger partial charge in [-0.1, -0.05) is 0 Å². The van der Waals surface area contributed by atoms with Crippen LogP contribution >= 0.6 is 0 Å². The van der Waals surface area contributed by atoms with Crippen molar-refractivity contribution in [3.05, 3.63) is 136 Å². The Labute approximate surface area is 371 Å². The minimum Gasteiger partial charge on any atom is -0.364 e. The van der Waals surface area contributed by atoms with Crippen molar-refractivity contribution in [1.29, 1.82) is 0 Å². The maximum atomic E-state index is 16.8. The zero-order chi connectivity index (χ0) is 46.1. The molecule has 66 heavy (non-hydrogen) atoms. The first kappa shape index (κ1) is 41.8. The number of aromatic nitrogens is 4. The predicted molar refractivity (Wildman–Crippen MR) is 230 cm³/mol. The molecule has 6 heterocycles. The highest BCUT2D eigenvalue weighted by Crippen LogP contribution is 2.36. The third-order valence-electron chi connectivity index (χ3n) is 12.2. The Bertz CT molecular complexity index is 3080. The number of carbonyl (C=O) groups excluding carboxylic acids is 6. The van der Waals surface area contributed by atoms with Gasteiger partial charge in [-0.05, 0) is 98.5 Å². The van der Waals surface area contributed by atoms with E-state index in [2.05, 4.69) is 15.5 Å². The molecule has 334 valence electrons. The van der Waals surface area contributed by atoms with E-state index >= 15 is 13.2 Å². The summed E-state index contributed by atoms with van der Waals surface area (Å²) in [5.41, 5.74) is 4.53. The summed E-state index contributed by atoms with van der Waals surface area (Å²) in [5.74, 6) is -8.32. The van der Waals surface area contributed by atoms with Crippen LogP contribution in [0.3, 0.4) is 0 Å². The number of hydrogen-bond acceptors (Lipinski definition) is 8. The fourth-order valence-corrected chi connectivity index (χ4v) is 9.06. The zero-order valence-electron chi connectivity index (χ0n) is 34.7. The Hall–Kier alpha value is -8.16. The van der Waals surface area contributed by atoms with Crippen LogP contribution < -0.4 is 30.7 Å². The molecule has 2 aromatic heterocycles. The summed E-state index contributed by atoms with van der Waals surface area (Å²) in [7, 11) is 0. The third kappa shape index (κ3) is 6.91. The zero-order valence-corrected chi connectivity index (χ0v) is 34.7. The second kappa shape index (κ2) is 16.1. The standard InChI is InChI=1S/C46H36F4N10O6/c47-24-5-16-34(32(49)23-24)59-40-30(18-22-57(45(40)65)27-10-6-25(7-11-27)55-19-1-3-35(55)61)39(54-59)44(64)52-33-15-14-31(48)42(37(33)50)60-41-29(38(53-60)43(51)63)17-21-58(46(41)66)28-12-8-26(9-13-28)56-20-2-4-36(56)62/h5-16,23H,1-4,17-22H2,(H2,51,63)(H,52,64). The number of anilines is 5. The maximum absolute atomic E-state index is 16.8. The molecule has 4 aliphatic heterocycles. The van der Waals surface area contributed by atoms with Gasteiger partial charge < -0.3 is 30.7 Å². The number of nitrogens with one attached hydrogen (secondary N) is 1. The van der Waals surface area contributed by atoms with Crippen LogP contribution in [0, 0.1) is 23.3 Å². The van der Waals surface area contributed by atoms with Crippen molar-refractivity contribution in [3.8, 4) is 11.4 Å². The van der Waals surface area contributed by atoms with E-state index < -0.39 is 69.7 Å². The Balaban J connectivity index is 0.986. The smallest absolute Gasteiger partial charge is 0.277 e. The quantitative estimate of drug-likeness (QED) is 0.175. The molecule has 4 aliphatic rings. The molecule has 0 unspecified atom stereocenters. The molecule has 20 heteroatoms. The molecule has 16 nitrogen and oxygen atoms in total. The molecule has 4 aromatic carbocycles. The molecule has 0 bridgehead atoms. The fourth-order valence-electron chi connectivity index (χ4n) is 9.06. The summed E-state index contributed by atoms with van der Waals surface area (Å²) in [6.45, 7) is 1.17. The lowest BCUT2D eigenvalue weighted by Crippen LogP contribution is -2.39. The molecule has 0 radical (unpaired) electrons. The molecule has 2 saturated heterocycles. The third-order valence-corrected chi connectivity index (χ3v) is 12.2. The monoisotopic (exact) mass is 900 g/mol. The van der Waals surface area contributed by atoms with Crippen LogP contribution in [0.15, 0.2) is 78.9 Å². The first-order valence-corrected chi connectivity index (χ1v) is 21.0. The molecular formula is C46H36F4N10O6. The lowest BCUT2D eigenvalue weighted by molar-refractivity contribution is -0.117. The van der Waals surface area contributed by atoms with Gasteiger partial charge in [0.15, 0.2) is 28.8 Å². The highest BCUT2D eigenvalue weighted by molar-refractivity contribution is 6.12. The normalized spacial score (nSPS) is 16.1. The van der Waals surface area contributed by atoms with Gasteiger partial charge in [0.25, 0.3) is 23.6 Å². The molecule has 3 N–H and O–H groups in total. The first-order chi connectivity index (χ1) is 31.8. The molecule has 0 atom stereocenters. The molecule has 0 saturated carbocycles. The number of halogens is 4. The van der Waals surface area contributed by atoms with Crippen LogP contribution in [0.25, 0.3) is 11.4 Å². The second-order valence-electron chi connectivity index (χ2n) is 16.1. The summed E-state index contributed by atoms with van der Waals surface area (Å²) in [6, 6.07) is 17.6. The molecule has 10 rings (SSSR count). The van der Waals surface area contributed by atoms with E-state index in [0.29, 0.717) is 72.3 Å². The van der Waals surface area contributed by atoms with Crippen LogP contribution in [0.1, 0.15) is 78.8 Å². The summed E-state index contributed by atoms with van der Waals surface area (Å²) in [5, 5.41) is 10.8. The Morgan fingerprint density at radius 3 is 1.56 bits per heavy atom. The van der Waals surface area contributed by atoms with E-state index in [0.717, 1.165) is 28.9 Å². The number of carbonyl (C=O) groups is 6. The first-order valence-electron chi connectivity index (χ1n) is 21.0. The topological polar surface area (TPSA) is 189 Å². The van der Waals surface area contributed by atoms with Gasteiger partial charge in [-0.15, -0.1) is 0 Å². The van der Waals surface area contributed by atoms with Gasteiger partial charge in [0.1, 0.15) is 28.6 Å². The number of nitrogens with zero attached hydrogens (tertiary/aromatic N) is 8. The molecular weight excluding hydrogens is 865 g/mol. The van der Waals surface area contributed by atoms with Crippen molar-refractivity contribution >= 4 is 63.9 Å². The Morgan fingerprint density at radius 1 is 0.561 bits per heavy atom. The van der Waals surface area contributed by atoms with Gasteiger partial charge in [0, 0.05) is 79.0 Å². The number of fused-ring (bicyclic) bond motifs is 2. The van der Waals surface area contributed by atoms with Crippen LogP contribution in [-0.4, -0.2) is 81.2 Å². The van der Waals surface area contributed by atoms with E-state index in [1.165, 1.54) is 9.80 Å². The predicted octanol–water partition coefficient (Wildman–Crippen LogP) is 5.63. The van der Waals surface area contributed by atoms with Crippen LogP contribution in [0.5, 0.6) is 0 Å². The van der Waals surface area contributed by atoms with E-state index in [9.17, 15) is 33.2 Å². The number of nitrogens with two attached hydrogens (primary N) is 1. The fraction of sp³-hybridized carbons (Fsp3) is 0.217. The van der Waals surface area contributed by atoms with Crippen molar-refractivity contribution in [3.63, 3.8) is 0 Å². The van der Waals surface area contributed by atoms with Crippen LogP contribution in [0.2, 0.25) is 0 Å². The summed E-state index contributed by atoms with van der Waals surface area (Å²) >= 11 is 0. The summed E-state index contributed by atoms with van der Waals surface area (Å²) in [6.07, 6.45) is 2.29. The van der Waals surface area contributed by atoms with Gasteiger partial charge in [0.2, 0.25) is 11.8 Å². The summed E-state index contributed by atoms with van der Waals surface area (Å²) in [4.78, 5) is 86.0. The van der Waals surface area contributed by atoms with E-state index in [4.69, 9.17) is 5.73 Å². The van der Waals surface area contributed by atoms with E-state index in [1.807, 2.05) is 0 Å². The van der Waals surface area contributed by atoms with E-state index in [-0.39, 0.29) is 65.9 Å². The second-order valence-corrected chi connectivity index (χ2v) is 16.1.